The summed E-state index contributed by atoms with van der Waals surface area (Å²) in [7, 11) is 1.56. The molecule has 1 aliphatic heterocycles. The Kier molecular flexibility index (Phi) is 8.87. The standard InChI is InChI=1S/C45H46FN5O5/c1-26-41(39-17-28-15-16-30(45(2,3)54)19-38(28)50(39)21-27-13-14-27)48-51-22-29(18-40(55-4)42(26)51)43(52)49-23-31(46)20-32(24-49)47-44(53)56-25-37-35-11-7-5-9-33(35)34-10-6-8-12-36(34)37/h5-12,15-19,22,27,31-32,37,54H,13-14,20-21,23-25H2,1-4H3,(H,47,53)/t31-,32-/m1/s1. The van der Waals surface area contributed by atoms with Crippen molar-refractivity contribution in [1.29, 1.82) is 0 Å². The van der Waals surface area contributed by atoms with Gasteiger partial charge in [0.25, 0.3) is 5.91 Å². The van der Waals surface area contributed by atoms with E-state index in [0.29, 0.717) is 17.2 Å². The molecule has 3 aromatic carbocycles. The number of methoxy groups -OCH3 is 1. The average molecular weight is 756 g/mol. The monoisotopic (exact) mass is 755 g/mol. The van der Waals surface area contributed by atoms with Crippen molar-refractivity contribution in [2.45, 2.75) is 70.3 Å². The van der Waals surface area contributed by atoms with Crippen molar-refractivity contribution in [3.05, 3.63) is 113 Å². The summed E-state index contributed by atoms with van der Waals surface area (Å²) in [6, 6.07) is 25.5. The van der Waals surface area contributed by atoms with E-state index in [1.165, 1.54) is 17.7 Å². The first-order valence-corrected chi connectivity index (χ1v) is 19.4. The number of alkyl carbamates (subject to hydrolysis) is 1. The van der Waals surface area contributed by atoms with Gasteiger partial charge in [0.2, 0.25) is 0 Å². The first kappa shape index (κ1) is 36.0. The van der Waals surface area contributed by atoms with E-state index in [0.717, 1.165) is 67.7 Å². The molecule has 0 spiro atoms. The summed E-state index contributed by atoms with van der Waals surface area (Å²) < 4.78 is 30.9. The predicted molar refractivity (Wildman–Crippen MR) is 213 cm³/mol. The lowest BCUT2D eigenvalue weighted by atomic mass is 9.97. The molecular weight excluding hydrogens is 710 g/mol. The molecule has 1 saturated heterocycles. The van der Waals surface area contributed by atoms with Crippen LogP contribution >= 0.6 is 0 Å². The lowest BCUT2D eigenvalue weighted by Gasteiger charge is -2.35. The Morgan fingerprint density at radius 3 is 2.38 bits per heavy atom. The Bertz CT molecular complexity index is 2470. The molecule has 2 amide bonds. The summed E-state index contributed by atoms with van der Waals surface area (Å²) in [5, 5.41) is 19.7. The fourth-order valence-electron chi connectivity index (χ4n) is 8.69. The quantitative estimate of drug-likeness (QED) is 0.155. The third-order valence-electron chi connectivity index (χ3n) is 11.7. The van der Waals surface area contributed by atoms with Crippen molar-refractivity contribution in [3.63, 3.8) is 0 Å². The third kappa shape index (κ3) is 6.47. The number of fused-ring (bicyclic) bond motifs is 5. The molecule has 6 aromatic rings. The smallest absolute Gasteiger partial charge is 0.407 e. The van der Waals surface area contributed by atoms with Crippen molar-refractivity contribution in [1.82, 2.24) is 24.4 Å². The molecule has 0 bridgehead atoms. The third-order valence-corrected chi connectivity index (χ3v) is 11.7. The zero-order chi connectivity index (χ0) is 38.9. The molecule has 9 rings (SSSR count). The number of alkyl halides is 1. The molecule has 3 aliphatic rings. The number of pyridine rings is 1. The van der Waals surface area contributed by atoms with Gasteiger partial charge < -0.3 is 29.4 Å². The molecule has 1 saturated carbocycles. The number of hydrogen-bond donors (Lipinski definition) is 2. The first-order chi connectivity index (χ1) is 27.0. The van der Waals surface area contributed by atoms with Gasteiger partial charge in [-0.15, -0.1) is 0 Å². The highest BCUT2D eigenvalue weighted by Gasteiger charge is 2.34. The van der Waals surface area contributed by atoms with E-state index < -0.39 is 23.9 Å². The molecule has 2 fully saturated rings. The predicted octanol–water partition coefficient (Wildman–Crippen LogP) is 8.00. The van der Waals surface area contributed by atoms with E-state index in [4.69, 9.17) is 14.6 Å². The van der Waals surface area contributed by atoms with Gasteiger partial charge in [-0.25, -0.2) is 13.7 Å². The fourth-order valence-corrected chi connectivity index (χ4v) is 8.69. The molecule has 4 heterocycles. The first-order valence-electron chi connectivity index (χ1n) is 19.4. The highest BCUT2D eigenvalue weighted by molar-refractivity contribution is 5.96. The Hall–Kier alpha value is -5.68. The Balaban J connectivity index is 0.950. The maximum atomic E-state index is 15.3. The zero-order valence-electron chi connectivity index (χ0n) is 32.1. The van der Waals surface area contributed by atoms with Crippen molar-refractivity contribution >= 4 is 28.4 Å². The minimum absolute atomic E-state index is 0.0736. The van der Waals surface area contributed by atoms with Crippen molar-refractivity contribution < 1.29 is 28.6 Å². The highest BCUT2D eigenvalue weighted by Crippen LogP contribution is 2.45. The van der Waals surface area contributed by atoms with E-state index in [9.17, 15) is 14.7 Å². The number of hydrogen-bond acceptors (Lipinski definition) is 6. The fraction of sp³-hybridized carbons (Fsp3) is 0.356. The molecule has 3 aromatic heterocycles. The Morgan fingerprint density at radius 2 is 1.70 bits per heavy atom. The maximum Gasteiger partial charge on any atom is 0.407 e. The van der Waals surface area contributed by atoms with Crippen molar-refractivity contribution in [3.8, 4) is 28.3 Å². The van der Waals surface area contributed by atoms with Crippen LogP contribution < -0.4 is 10.1 Å². The number of nitrogens with one attached hydrogen (secondary N) is 1. The number of aryl methyl sites for hydroxylation is 1. The largest absolute Gasteiger partial charge is 0.494 e. The van der Waals surface area contributed by atoms with Gasteiger partial charge in [-0.3, -0.25) is 4.79 Å². The van der Waals surface area contributed by atoms with Crippen LogP contribution in [-0.2, 0) is 16.9 Å². The molecule has 2 N–H and O–H groups in total. The van der Waals surface area contributed by atoms with E-state index in [1.807, 2.05) is 43.3 Å². The van der Waals surface area contributed by atoms with Crippen molar-refractivity contribution in [2.24, 2.45) is 5.92 Å². The van der Waals surface area contributed by atoms with E-state index >= 15 is 4.39 Å². The number of halogens is 1. The number of carbonyl (C=O) groups excluding carboxylic acids is 2. The second-order valence-corrected chi connectivity index (χ2v) is 16.2. The number of benzene rings is 3. The van der Waals surface area contributed by atoms with Crippen LogP contribution in [0.1, 0.15) is 71.6 Å². The second kappa shape index (κ2) is 13.8. The summed E-state index contributed by atoms with van der Waals surface area (Å²) >= 11 is 0. The number of amides is 2. The minimum atomic E-state index is -1.33. The molecule has 0 radical (unpaired) electrons. The number of carbonyl (C=O) groups is 2. The summed E-state index contributed by atoms with van der Waals surface area (Å²) in [6.45, 7) is 6.59. The Morgan fingerprint density at radius 1 is 0.982 bits per heavy atom. The number of aliphatic hydroxyl groups is 1. The molecule has 56 heavy (non-hydrogen) atoms. The van der Waals surface area contributed by atoms with Crippen LogP contribution in [0.15, 0.2) is 85.1 Å². The van der Waals surface area contributed by atoms with Gasteiger partial charge >= 0.3 is 6.09 Å². The van der Waals surface area contributed by atoms with Gasteiger partial charge in [-0.2, -0.15) is 5.10 Å². The lowest BCUT2D eigenvalue weighted by molar-refractivity contribution is 0.0565. The van der Waals surface area contributed by atoms with E-state index in [-0.39, 0.29) is 37.9 Å². The zero-order valence-corrected chi connectivity index (χ0v) is 32.1. The minimum Gasteiger partial charge on any atom is -0.494 e. The molecule has 11 heteroatoms. The van der Waals surface area contributed by atoms with Crippen LogP contribution in [0, 0.1) is 12.8 Å². The van der Waals surface area contributed by atoms with Crippen LogP contribution in [0.4, 0.5) is 9.18 Å². The second-order valence-electron chi connectivity index (χ2n) is 16.2. The van der Waals surface area contributed by atoms with Crippen LogP contribution in [-0.4, -0.2) is 75.2 Å². The van der Waals surface area contributed by atoms with Crippen molar-refractivity contribution in [2.75, 3.05) is 26.8 Å². The van der Waals surface area contributed by atoms with Gasteiger partial charge in [0.05, 0.1) is 36.6 Å². The lowest BCUT2D eigenvalue weighted by Crippen LogP contribution is -2.53. The maximum absolute atomic E-state index is 15.3. The molecule has 2 atom stereocenters. The topological polar surface area (TPSA) is 110 Å². The van der Waals surface area contributed by atoms with Crippen LogP contribution in [0.3, 0.4) is 0 Å². The summed E-state index contributed by atoms with van der Waals surface area (Å²) in [5.41, 5.74) is 9.02. The van der Waals surface area contributed by atoms with Gasteiger partial charge in [-0.05, 0) is 85.5 Å². The van der Waals surface area contributed by atoms with Crippen LogP contribution in [0.2, 0.25) is 0 Å². The summed E-state index contributed by atoms with van der Waals surface area (Å²) in [6.07, 6.45) is 2.12. The Labute approximate surface area is 324 Å². The SMILES string of the molecule is COc1cc(C(=O)N2C[C@H](F)C[C@@H](NC(=O)OCC3c4ccccc4-c4ccccc43)C2)cn2nc(-c3cc4ccc(C(C)(C)O)cc4n3CC3CC3)c(C)c12. The molecule has 2 aliphatic carbocycles. The molecule has 0 unspecified atom stereocenters. The molecule has 10 nitrogen and oxygen atoms in total. The van der Waals surface area contributed by atoms with Gasteiger partial charge in [0, 0.05) is 48.1 Å². The number of likely N-dealkylation sites (tertiary alicyclic amines) is 1. The molecular formula is C45H46FN5O5. The summed E-state index contributed by atoms with van der Waals surface area (Å²) in [5.74, 6) is 0.570. The highest BCUT2D eigenvalue weighted by atomic mass is 19.1. The van der Waals surface area contributed by atoms with E-state index in [2.05, 4.69) is 46.3 Å². The number of piperidine rings is 1. The normalized spacial score (nSPS) is 18.3. The number of aromatic nitrogens is 3. The summed E-state index contributed by atoms with van der Waals surface area (Å²) in [4.78, 5) is 28.7. The molecule has 288 valence electrons. The average Bonchev–Trinajstić information content (AvgIpc) is 3.74. The van der Waals surface area contributed by atoms with Gasteiger partial charge in [0.1, 0.15) is 29.7 Å². The van der Waals surface area contributed by atoms with Crippen LogP contribution in [0.5, 0.6) is 5.75 Å². The number of nitrogens with zero attached hydrogens (tertiary/aromatic N) is 4. The number of rotatable bonds is 9. The van der Waals surface area contributed by atoms with Crippen LogP contribution in [0.25, 0.3) is 38.9 Å². The number of ether oxygens (including phenoxy) is 2. The van der Waals surface area contributed by atoms with Gasteiger partial charge in [-0.1, -0.05) is 60.7 Å². The van der Waals surface area contributed by atoms with E-state index in [1.54, 1.807) is 37.7 Å². The van der Waals surface area contributed by atoms with Gasteiger partial charge in [0.15, 0.2) is 0 Å².